The van der Waals surface area contributed by atoms with Gasteiger partial charge in [-0.1, -0.05) is 28.1 Å². The molecule has 0 aromatic heterocycles. The molecule has 0 atom stereocenters. The van der Waals surface area contributed by atoms with Crippen LogP contribution in [-0.2, 0) is 14.3 Å². The lowest BCUT2D eigenvalue weighted by Crippen LogP contribution is -2.43. The Balaban J connectivity index is 1.82. The van der Waals surface area contributed by atoms with E-state index < -0.39 is 11.7 Å². The third-order valence-electron chi connectivity index (χ3n) is 4.21. The Morgan fingerprint density at radius 2 is 1.83 bits per heavy atom. The van der Waals surface area contributed by atoms with Crippen molar-refractivity contribution in [3.63, 3.8) is 0 Å². The van der Waals surface area contributed by atoms with Crippen LogP contribution in [0.3, 0.4) is 0 Å². The van der Waals surface area contributed by atoms with Gasteiger partial charge in [-0.25, -0.2) is 4.79 Å². The molecule has 1 aliphatic heterocycles. The van der Waals surface area contributed by atoms with Crippen LogP contribution >= 0.6 is 15.9 Å². The summed E-state index contributed by atoms with van der Waals surface area (Å²) in [6.45, 7) is 7.20. The van der Waals surface area contributed by atoms with E-state index in [1.807, 2.05) is 24.3 Å². The molecular formula is C21H28BrN3O4. The van der Waals surface area contributed by atoms with E-state index in [2.05, 4.69) is 21.2 Å². The summed E-state index contributed by atoms with van der Waals surface area (Å²) in [5.41, 5.74) is 0.326. The van der Waals surface area contributed by atoms with Crippen LogP contribution in [0.4, 0.5) is 4.79 Å². The summed E-state index contributed by atoms with van der Waals surface area (Å²) in [7, 11) is 0. The highest BCUT2D eigenvalue weighted by Crippen LogP contribution is 2.13. The molecule has 0 radical (unpaired) electrons. The van der Waals surface area contributed by atoms with E-state index >= 15 is 0 Å². The first kappa shape index (κ1) is 22.9. The SMILES string of the molecule is CC(C)(C)OC(=O)NCC(=O)N1CCCN(C(=O)/C=C/c2cccc(Br)c2)CC1. The Kier molecular flexibility index (Phi) is 8.25. The first-order valence-electron chi connectivity index (χ1n) is 9.61. The summed E-state index contributed by atoms with van der Waals surface area (Å²) < 4.78 is 6.09. The molecular weight excluding hydrogens is 438 g/mol. The number of benzene rings is 1. The molecule has 1 saturated heterocycles. The minimum Gasteiger partial charge on any atom is -0.444 e. The molecule has 1 aromatic carbocycles. The number of nitrogens with zero attached hydrogens (tertiary/aromatic N) is 2. The van der Waals surface area contributed by atoms with Crippen LogP contribution in [0.25, 0.3) is 6.08 Å². The zero-order valence-electron chi connectivity index (χ0n) is 17.1. The third kappa shape index (κ3) is 8.27. The molecule has 7 nitrogen and oxygen atoms in total. The van der Waals surface area contributed by atoms with Gasteiger partial charge in [0.15, 0.2) is 0 Å². The lowest BCUT2D eigenvalue weighted by atomic mass is 10.2. The maximum atomic E-state index is 12.5. The number of nitrogens with one attached hydrogen (secondary N) is 1. The smallest absolute Gasteiger partial charge is 0.408 e. The Hall–Kier alpha value is -2.35. The van der Waals surface area contributed by atoms with Gasteiger partial charge in [-0.2, -0.15) is 0 Å². The van der Waals surface area contributed by atoms with E-state index in [0.717, 1.165) is 10.0 Å². The van der Waals surface area contributed by atoms with Crippen LogP contribution in [0.2, 0.25) is 0 Å². The summed E-state index contributed by atoms with van der Waals surface area (Å²) in [6.07, 6.45) is 3.42. The van der Waals surface area contributed by atoms with Crippen LogP contribution in [-0.4, -0.2) is 66.0 Å². The zero-order chi connectivity index (χ0) is 21.4. The number of hydrogen-bond acceptors (Lipinski definition) is 4. The van der Waals surface area contributed by atoms with Crippen molar-refractivity contribution in [1.29, 1.82) is 0 Å². The highest BCUT2D eigenvalue weighted by Gasteiger charge is 2.22. The molecule has 8 heteroatoms. The average molecular weight is 466 g/mol. The van der Waals surface area contributed by atoms with E-state index in [0.29, 0.717) is 32.6 Å². The number of rotatable bonds is 4. The molecule has 2 rings (SSSR count). The number of amides is 3. The Morgan fingerprint density at radius 1 is 1.14 bits per heavy atom. The van der Waals surface area contributed by atoms with E-state index in [-0.39, 0.29) is 18.4 Å². The molecule has 158 valence electrons. The second-order valence-corrected chi connectivity index (χ2v) is 8.72. The third-order valence-corrected chi connectivity index (χ3v) is 4.70. The lowest BCUT2D eigenvalue weighted by Gasteiger charge is -2.23. The summed E-state index contributed by atoms with van der Waals surface area (Å²) in [6, 6.07) is 7.70. The van der Waals surface area contributed by atoms with Crippen molar-refractivity contribution in [2.24, 2.45) is 0 Å². The molecule has 0 unspecified atom stereocenters. The van der Waals surface area contributed by atoms with Crippen molar-refractivity contribution < 1.29 is 19.1 Å². The van der Waals surface area contributed by atoms with Crippen molar-refractivity contribution in [2.45, 2.75) is 32.8 Å². The van der Waals surface area contributed by atoms with Crippen LogP contribution in [0.5, 0.6) is 0 Å². The summed E-state index contributed by atoms with van der Waals surface area (Å²) in [4.78, 5) is 40.0. The largest absolute Gasteiger partial charge is 0.444 e. The van der Waals surface area contributed by atoms with Crippen molar-refractivity contribution in [2.75, 3.05) is 32.7 Å². The molecule has 0 bridgehead atoms. The lowest BCUT2D eigenvalue weighted by molar-refractivity contribution is -0.131. The fourth-order valence-electron chi connectivity index (χ4n) is 2.84. The standard InChI is InChI=1S/C21H28BrN3O4/c1-21(2,3)29-20(28)23-15-19(27)25-11-5-10-24(12-13-25)18(26)9-8-16-6-4-7-17(22)14-16/h4,6-9,14H,5,10-13,15H2,1-3H3,(H,23,28)/b9-8+. The maximum absolute atomic E-state index is 12.5. The summed E-state index contributed by atoms with van der Waals surface area (Å²) >= 11 is 3.41. The topological polar surface area (TPSA) is 79.0 Å². The number of alkyl carbamates (subject to hydrolysis) is 1. The number of ether oxygens (including phenoxy) is 1. The predicted molar refractivity (Wildman–Crippen MR) is 115 cm³/mol. The van der Waals surface area contributed by atoms with Crippen LogP contribution in [0.1, 0.15) is 32.8 Å². The Morgan fingerprint density at radius 3 is 2.52 bits per heavy atom. The minimum atomic E-state index is -0.616. The Labute approximate surface area is 180 Å². The molecule has 3 amide bonds. The summed E-state index contributed by atoms with van der Waals surface area (Å²) in [5, 5.41) is 2.49. The van der Waals surface area contributed by atoms with E-state index in [1.54, 1.807) is 42.7 Å². The van der Waals surface area contributed by atoms with Gasteiger partial charge in [0.2, 0.25) is 11.8 Å². The van der Waals surface area contributed by atoms with Gasteiger partial charge in [-0.15, -0.1) is 0 Å². The minimum absolute atomic E-state index is 0.0776. The van der Waals surface area contributed by atoms with E-state index in [1.165, 1.54) is 0 Å². The molecule has 1 aromatic rings. The highest BCUT2D eigenvalue weighted by molar-refractivity contribution is 9.10. The van der Waals surface area contributed by atoms with E-state index in [4.69, 9.17) is 4.74 Å². The van der Waals surface area contributed by atoms with Crippen molar-refractivity contribution in [3.8, 4) is 0 Å². The van der Waals surface area contributed by atoms with Crippen LogP contribution in [0, 0.1) is 0 Å². The molecule has 1 N–H and O–H groups in total. The normalized spacial score (nSPS) is 15.2. The van der Waals surface area contributed by atoms with Gasteiger partial charge in [-0.3, -0.25) is 9.59 Å². The predicted octanol–water partition coefficient (Wildman–Crippen LogP) is 3.05. The zero-order valence-corrected chi connectivity index (χ0v) is 18.7. The quantitative estimate of drug-likeness (QED) is 0.692. The monoisotopic (exact) mass is 465 g/mol. The maximum Gasteiger partial charge on any atom is 0.408 e. The number of carbonyl (C=O) groups is 3. The van der Waals surface area contributed by atoms with Gasteiger partial charge in [0, 0.05) is 36.7 Å². The van der Waals surface area contributed by atoms with Gasteiger partial charge < -0.3 is 19.9 Å². The Bertz CT molecular complexity index is 773. The van der Waals surface area contributed by atoms with Gasteiger partial charge in [-0.05, 0) is 51.0 Å². The second-order valence-electron chi connectivity index (χ2n) is 7.80. The van der Waals surface area contributed by atoms with Gasteiger partial charge in [0.1, 0.15) is 12.1 Å². The molecule has 0 aliphatic carbocycles. The molecule has 29 heavy (non-hydrogen) atoms. The van der Waals surface area contributed by atoms with Crippen molar-refractivity contribution in [1.82, 2.24) is 15.1 Å². The highest BCUT2D eigenvalue weighted by atomic mass is 79.9. The fourth-order valence-corrected chi connectivity index (χ4v) is 3.26. The summed E-state index contributed by atoms with van der Waals surface area (Å²) in [5.74, 6) is -0.263. The first-order chi connectivity index (χ1) is 13.6. The molecule has 0 spiro atoms. The second kappa shape index (κ2) is 10.4. The van der Waals surface area contributed by atoms with Crippen molar-refractivity contribution >= 4 is 39.9 Å². The molecule has 1 heterocycles. The van der Waals surface area contributed by atoms with Gasteiger partial charge in [0.05, 0.1) is 0 Å². The number of halogens is 1. The van der Waals surface area contributed by atoms with Crippen LogP contribution < -0.4 is 5.32 Å². The first-order valence-corrected chi connectivity index (χ1v) is 10.4. The molecule has 1 fully saturated rings. The van der Waals surface area contributed by atoms with Gasteiger partial charge >= 0.3 is 6.09 Å². The molecule has 0 saturated carbocycles. The van der Waals surface area contributed by atoms with Crippen LogP contribution in [0.15, 0.2) is 34.8 Å². The van der Waals surface area contributed by atoms with E-state index in [9.17, 15) is 14.4 Å². The molecule has 1 aliphatic rings. The number of hydrogen-bond donors (Lipinski definition) is 1. The van der Waals surface area contributed by atoms with Gasteiger partial charge in [0.25, 0.3) is 0 Å². The van der Waals surface area contributed by atoms with Crippen molar-refractivity contribution in [3.05, 3.63) is 40.4 Å². The fraction of sp³-hybridized carbons (Fsp3) is 0.476. The average Bonchev–Trinajstić information content (AvgIpc) is 2.89. The number of carbonyl (C=O) groups excluding carboxylic acids is 3.